The van der Waals surface area contributed by atoms with Crippen LogP contribution >= 0.6 is 0 Å². The molecule has 0 atom stereocenters. The standard InChI is InChI=1S/C19H13F2N3O/c1-12-18(19(23-25-12)13-5-3-2-4-6-13)17-10-24(11-22-17)14-7-8-15(20)16(21)9-14/h2-11H,1H3. The fraction of sp³-hybridized carbons (Fsp3) is 0.0526. The molecule has 0 saturated heterocycles. The van der Waals surface area contributed by atoms with Crippen LogP contribution in [0.3, 0.4) is 0 Å². The zero-order chi connectivity index (χ0) is 17.4. The largest absolute Gasteiger partial charge is 0.360 e. The van der Waals surface area contributed by atoms with Gasteiger partial charge in [0.2, 0.25) is 0 Å². The van der Waals surface area contributed by atoms with Gasteiger partial charge in [0, 0.05) is 23.5 Å². The number of halogens is 2. The average molecular weight is 337 g/mol. The van der Waals surface area contributed by atoms with Gasteiger partial charge in [-0.1, -0.05) is 35.5 Å². The summed E-state index contributed by atoms with van der Waals surface area (Å²) in [6, 6.07) is 13.3. The van der Waals surface area contributed by atoms with E-state index in [0.717, 1.165) is 23.3 Å². The molecule has 0 saturated carbocycles. The molecule has 0 aliphatic rings. The SMILES string of the molecule is Cc1onc(-c2ccccc2)c1-c1cn(-c2ccc(F)c(F)c2)cn1. The van der Waals surface area contributed by atoms with Crippen LogP contribution in [0.2, 0.25) is 0 Å². The first-order chi connectivity index (χ1) is 12.1. The molecule has 0 aliphatic heterocycles. The quantitative estimate of drug-likeness (QED) is 0.540. The maximum Gasteiger partial charge on any atom is 0.160 e. The van der Waals surface area contributed by atoms with E-state index in [4.69, 9.17) is 4.52 Å². The van der Waals surface area contributed by atoms with Crippen LogP contribution in [0.1, 0.15) is 5.76 Å². The van der Waals surface area contributed by atoms with Crippen molar-refractivity contribution in [1.29, 1.82) is 0 Å². The highest BCUT2D eigenvalue weighted by Crippen LogP contribution is 2.33. The molecule has 0 aliphatic carbocycles. The van der Waals surface area contributed by atoms with Crippen LogP contribution in [-0.4, -0.2) is 14.7 Å². The molecule has 2 heterocycles. The smallest absolute Gasteiger partial charge is 0.160 e. The molecular formula is C19H13F2N3O. The topological polar surface area (TPSA) is 43.9 Å². The fourth-order valence-electron chi connectivity index (χ4n) is 2.71. The summed E-state index contributed by atoms with van der Waals surface area (Å²) in [4.78, 5) is 4.38. The normalized spacial score (nSPS) is 11.0. The molecule has 4 aromatic rings. The maximum absolute atomic E-state index is 13.5. The van der Waals surface area contributed by atoms with Crippen LogP contribution in [0, 0.1) is 18.6 Å². The lowest BCUT2D eigenvalue weighted by molar-refractivity contribution is 0.400. The molecule has 0 unspecified atom stereocenters. The molecule has 6 heteroatoms. The Bertz CT molecular complexity index is 1040. The molecule has 25 heavy (non-hydrogen) atoms. The van der Waals surface area contributed by atoms with Crippen molar-refractivity contribution in [3.05, 3.63) is 78.4 Å². The van der Waals surface area contributed by atoms with E-state index in [1.807, 2.05) is 37.3 Å². The Morgan fingerprint density at radius 2 is 1.80 bits per heavy atom. The predicted octanol–water partition coefficient (Wildman–Crippen LogP) is 4.78. The second kappa shape index (κ2) is 5.98. The molecule has 0 bridgehead atoms. The van der Waals surface area contributed by atoms with Gasteiger partial charge in [-0.3, -0.25) is 0 Å². The summed E-state index contributed by atoms with van der Waals surface area (Å²) in [5.74, 6) is -1.15. The van der Waals surface area contributed by atoms with Crippen LogP contribution in [0.5, 0.6) is 0 Å². The molecule has 0 N–H and O–H groups in total. The summed E-state index contributed by atoms with van der Waals surface area (Å²) < 4.78 is 33.5. The number of imidazole rings is 1. The highest BCUT2D eigenvalue weighted by atomic mass is 19.2. The molecule has 0 fully saturated rings. The van der Waals surface area contributed by atoms with E-state index in [1.165, 1.54) is 6.07 Å². The monoisotopic (exact) mass is 337 g/mol. The van der Waals surface area contributed by atoms with Crippen LogP contribution in [0.15, 0.2) is 65.6 Å². The minimum atomic E-state index is -0.904. The molecular weight excluding hydrogens is 324 g/mol. The van der Waals surface area contributed by atoms with Gasteiger partial charge in [-0.15, -0.1) is 0 Å². The molecule has 0 amide bonds. The molecule has 0 spiro atoms. The third-order valence-electron chi connectivity index (χ3n) is 3.95. The maximum atomic E-state index is 13.5. The summed E-state index contributed by atoms with van der Waals surface area (Å²) in [5, 5.41) is 4.14. The Labute approximate surface area is 142 Å². The number of aromatic nitrogens is 3. The van der Waals surface area contributed by atoms with Crippen molar-refractivity contribution >= 4 is 0 Å². The van der Waals surface area contributed by atoms with Gasteiger partial charge in [0.15, 0.2) is 11.6 Å². The predicted molar refractivity (Wildman–Crippen MR) is 89.2 cm³/mol. The van der Waals surface area contributed by atoms with Gasteiger partial charge in [0.25, 0.3) is 0 Å². The minimum Gasteiger partial charge on any atom is -0.360 e. The van der Waals surface area contributed by atoms with E-state index in [9.17, 15) is 8.78 Å². The summed E-state index contributed by atoms with van der Waals surface area (Å²) in [6.45, 7) is 1.81. The highest BCUT2D eigenvalue weighted by Gasteiger charge is 2.19. The lowest BCUT2D eigenvalue weighted by Gasteiger charge is -2.02. The van der Waals surface area contributed by atoms with Crippen LogP contribution < -0.4 is 0 Å². The average Bonchev–Trinajstić information content (AvgIpc) is 3.24. The Hall–Kier alpha value is -3.28. The van der Waals surface area contributed by atoms with E-state index in [-0.39, 0.29) is 0 Å². The lowest BCUT2D eigenvalue weighted by Crippen LogP contribution is -1.93. The van der Waals surface area contributed by atoms with Gasteiger partial charge >= 0.3 is 0 Å². The third-order valence-corrected chi connectivity index (χ3v) is 3.95. The minimum absolute atomic E-state index is 0.480. The second-order valence-electron chi connectivity index (χ2n) is 5.59. The Balaban J connectivity index is 1.79. The zero-order valence-corrected chi connectivity index (χ0v) is 13.3. The van der Waals surface area contributed by atoms with Gasteiger partial charge < -0.3 is 9.09 Å². The van der Waals surface area contributed by atoms with E-state index < -0.39 is 11.6 Å². The van der Waals surface area contributed by atoms with E-state index in [0.29, 0.717) is 22.8 Å². The summed E-state index contributed by atoms with van der Waals surface area (Å²) in [5.41, 5.74) is 3.49. The number of rotatable bonds is 3. The number of aryl methyl sites for hydroxylation is 1. The molecule has 2 aromatic carbocycles. The Kier molecular flexibility index (Phi) is 3.65. The van der Waals surface area contributed by atoms with E-state index >= 15 is 0 Å². The zero-order valence-electron chi connectivity index (χ0n) is 13.3. The van der Waals surface area contributed by atoms with Crippen LogP contribution in [-0.2, 0) is 0 Å². The van der Waals surface area contributed by atoms with Crippen molar-refractivity contribution in [2.45, 2.75) is 6.92 Å². The van der Waals surface area contributed by atoms with E-state index in [1.54, 1.807) is 17.1 Å². The van der Waals surface area contributed by atoms with Gasteiger partial charge in [-0.25, -0.2) is 13.8 Å². The first kappa shape index (κ1) is 15.3. The summed E-state index contributed by atoms with van der Waals surface area (Å²) in [6.07, 6.45) is 3.28. The number of nitrogens with zero attached hydrogens (tertiary/aromatic N) is 3. The molecule has 124 valence electrons. The van der Waals surface area contributed by atoms with Crippen molar-refractivity contribution in [1.82, 2.24) is 14.7 Å². The third kappa shape index (κ3) is 2.71. The van der Waals surface area contributed by atoms with Crippen molar-refractivity contribution in [2.24, 2.45) is 0 Å². The van der Waals surface area contributed by atoms with Crippen molar-refractivity contribution in [2.75, 3.05) is 0 Å². The van der Waals surface area contributed by atoms with Gasteiger partial charge in [0.1, 0.15) is 11.5 Å². The number of hydrogen-bond donors (Lipinski definition) is 0. The lowest BCUT2D eigenvalue weighted by atomic mass is 10.0. The van der Waals surface area contributed by atoms with Gasteiger partial charge in [-0.05, 0) is 19.1 Å². The number of hydrogen-bond acceptors (Lipinski definition) is 3. The summed E-state index contributed by atoms with van der Waals surface area (Å²) >= 11 is 0. The molecule has 2 aromatic heterocycles. The second-order valence-corrected chi connectivity index (χ2v) is 5.59. The summed E-state index contributed by atoms with van der Waals surface area (Å²) in [7, 11) is 0. The van der Waals surface area contributed by atoms with Crippen LogP contribution in [0.4, 0.5) is 8.78 Å². The van der Waals surface area contributed by atoms with E-state index in [2.05, 4.69) is 10.1 Å². The number of benzene rings is 2. The first-order valence-electron chi connectivity index (χ1n) is 7.65. The molecule has 4 rings (SSSR count). The Morgan fingerprint density at radius 1 is 1.00 bits per heavy atom. The Morgan fingerprint density at radius 3 is 2.56 bits per heavy atom. The van der Waals surface area contributed by atoms with Crippen molar-refractivity contribution < 1.29 is 13.3 Å². The fourth-order valence-corrected chi connectivity index (χ4v) is 2.71. The molecule has 4 nitrogen and oxygen atoms in total. The molecule has 0 radical (unpaired) electrons. The van der Waals surface area contributed by atoms with Gasteiger partial charge in [-0.2, -0.15) is 0 Å². The first-order valence-corrected chi connectivity index (χ1v) is 7.65. The van der Waals surface area contributed by atoms with Crippen LogP contribution in [0.25, 0.3) is 28.2 Å². The highest BCUT2D eigenvalue weighted by molar-refractivity contribution is 5.79. The van der Waals surface area contributed by atoms with Crippen molar-refractivity contribution in [3.8, 4) is 28.2 Å². The van der Waals surface area contributed by atoms with Crippen molar-refractivity contribution in [3.63, 3.8) is 0 Å². The van der Waals surface area contributed by atoms with Gasteiger partial charge in [0.05, 0.1) is 17.6 Å².